The Hall–Kier alpha value is -1.05. The molecule has 4 nitrogen and oxygen atoms in total. The van der Waals surface area contributed by atoms with Gasteiger partial charge in [0.15, 0.2) is 0 Å². The van der Waals surface area contributed by atoms with Crippen molar-refractivity contribution in [1.29, 1.82) is 0 Å². The molecule has 1 aliphatic rings. The molecular weight excluding hydrogens is 206 g/mol. The van der Waals surface area contributed by atoms with Gasteiger partial charge in [-0.3, -0.25) is 4.79 Å². The average Bonchev–Trinajstić information content (AvgIpc) is 2.21. The predicted molar refractivity (Wildman–Crippen MR) is 61.0 cm³/mol. The molecule has 1 fully saturated rings. The van der Waals surface area contributed by atoms with Gasteiger partial charge in [0.2, 0.25) is 0 Å². The summed E-state index contributed by atoms with van der Waals surface area (Å²) in [6.45, 7) is 4.02. The smallest absolute Gasteiger partial charge is 0.305 e. The highest BCUT2D eigenvalue weighted by atomic mass is 16.5. The molecule has 1 N–H and O–H groups in total. The second-order valence-corrected chi connectivity index (χ2v) is 4.44. The lowest BCUT2D eigenvalue weighted by atomic mass is 9.82. The molecule has 0 radical (unpaired) electrons. The molecule has 0 unspecified atom stereocenters. The Morgan fingerprint density at radius 1 is 1.75 bits per heavy atom. The number of hydrogen-bond donors (Lipinski definition) is 1. The molecule has 90 valence electrons. The minimum atomic E-state index is -0.854. The van der Waals surface area contributed by atoms with Gasteiger partial charge in [0.1, 0.15) is 5.60 Å². The number of carbonyl (C=O) groups is 1. The molecule has 0 aromatic heterocycles. The fraction of sp³-hybridized carbons (Fsp3) is 0.750. The third-order valence-corrected chi connectivity index (χ3v) is 3.17. The van der Waals surface area contributed by atoms with Crippen LogP contribution in [0, 0.1) is 18.3 Å². The lowest BCUT2D eigenvalue weighted by Gasteiger charge is -2.42. The standard InChI is InChI=1S/C12H19NO3/c1-4-12(16-8-5-11(14)15)6-7-13(3)9-10(12)2/h1,10H,5-9H2,2-3H3,(H,14,15)/t10-,12-/m1/s1. The Bertz CT molecular complexity index is 297. The number of terminal acetylenes is 1. The van der Waals surface area contributed by atoms with E-state index in [9.17, 15) is 4.79 Å². The van der Waals surface area contributed by atoms with Crippen LogP contribution in [0.4, 0.5) is 0 Å². The maximum Gasteiger partial charge on any atom is 0.305 e. The van der Waals surface area contributed by atoms with Gasteiger partial charge < -0.3 is 14.7 Å². The van der Waals surface area contributed by atoms with Crippen molar-refractivity contribution in [2.45, 2.75) is 25.4 Å². The van der Waals surface area contributed by atoms with Gasteiger partial charge in [-0.15, -0.1) is 6.42 Å². The summed E-state index contributed by atoms with van der Waals surface area (Å²) in [5.41, 5.74) is -0.581. The van der Waals surface area contributed by atoms with E-state index in [-0.39, 0.29) is 18.9 Å². The molecule has 2 atom stereocenters. The third-order valence-electron chi connectivity index (χ3n) is 3.17. The second kappa shape index (κ2) is 5.33. The first-order chi connectivity index (χ1) is 7.50. The molecule has 0 aromatic rings. The Labute approximate surface area is 96.6 Å². The first kappa shape index (κ1) is 13.0. The van der Waals surface area contributed by atoms with Crippen LogP contribution in [0.25, 0.3) is 0 Å². The molecule has 0 saturated carbocycles. The molecule has 0 aromatic carbocycles. The number of nitrogens with zero attached hydrogens (tertiary/aromatic N) is 1. The van der Waals surface area contributed by atoms with Crippen LogP contribution in [0.5, 0.6) is 0 Å². The van der Waals surface area contributed by atoms with E-state index in [2.05, 4.69) is 17.7 Å². The van der Waals surface area contributed by atoms with Gasteiger partial charge in [0.25, 0.3) is 0 Å². The van der Waals surface area contributed by atoms with Crippen molar-refractivity contribution < 1.29 is 14.6 Å². The maximum absolute atomic E-state index is 10.4. The summed E-state index contributed by atoms with van der Waals surface area (Å²) < 4.78 is 5.65. The number of rotatable bonds is 4. The summed E-state index contributed by atoms with van der Waals surface area (Å²) >= 11 is 0. The highest BCUT2D eigenvalue weighted by Gasteiger charge is 2.39. The summed E-state index contributed by atoms with van der Waals surface area (Å²) in [5, 5.41) is 8.57. The van der Waals surface area contributed by atoms with E-state index in [0.717, 1.165) is 19.5 Å². The topological polar surface area (TPSA) is 49.8 Å². The van der Waals surface area contributed by atoms with Crippen molar-refractivity contribution in [2.24, 2.45) is 5.92 Å². The van der Waals surface area contributed by atoms with E-state index in [1.165, 1.54) is 0 Å². The zero-order chi connectivity index (χ0) is 12.2. The summed E-state index contributed by atoms with van der Waals surface area (Å²) in [6.07, 6.45) is 6.32. The lowest BCUT2D eigenvalue weighted by molar-refractivity contribution is -0.140. The van der Waals surface area contributed by atoms with Gasteiger partial charge in [-0.25, -0.2) is 0 Å². The molecule has 1 heterocycles. The number of ether oxygens (including phenoxy) is 1. The van der Waals surface area contributed by atoms with E-state index in [4.69, 9.17) is 16.3 Å². The Morgan fingerprint density at radius 2 is 2.44 bits per heavy atom. The zero-order valence-electron chi connectivity index (χ0n) is 9.90. The van der Waals surface area contributed by atoms with Crippen LogP contribution in [0.15, 0.2) is 0 Å². The largest absolute Gasteiger partial charge is 0.481 e. The van der Waals surface area contributed by atoms with E-state index >= 15 is 0 Å². The second-order valence-electron chi connectivity index (χ2n) is 4.44. The zero-order valence-corrected chi connectivity index (χ0v) is 9.90. The van der Waals surface area contributed by atoms with E-state index < -0.39 is 11.6 Å². The van der Waals surface area contributed by atoms with Crippen LogP contribution in [0.2, 0.25) is 0 Å². The van der Waals surface area contributed by atoms with Crippen molar-refractivity contribution in [3.8, 4) is 12.3 Å². The van der Waals surface area contributed by atoms with E-state index in [1.54, 1.807) is 0 Å². The van der Waals surface area contributed by atoms with Crippen LogP contribution in [0.1, 0.15) is 19.8 Å². The molecule has 4 heteroatoms. The summed E-state index contributed by atoms with van der Waals surface area (Å²) in [5.74, 6) is 2.09. The number of aliphatic carboxylic acids is 1. The molecular formula is C12H19NO3. The van der Waals surface area contributed by atoms with Crippen LogP contribution < -0.4 is 0 Å². The van der Waals surface area contributed by atoms with Gasteiger partial charge in [-0.05, 0) is 7.05 Å². The highest BCUT2D eigenvalue weighted by Crippen LogP contribution is 2.30. The summed E-state index contributed by atoms with van der Waals surface area (Å²) in [6, 6.07) is 0. The van der Waals surface area contributed by atoms with Gasteiger partial charge in [-0.1, -0.05) is 12.8 Å². The third kappa shape index (κ3) is 2.97. The van der Waals surface area contributed by atoms with Crippen LogP contribution in [0.3, 0.4) is 0 Å². The first-order valence-corrected chi connectivity index (χ1v) is 5.52. The quantitative estimate of drug-likeness (QED) is 0.720. The Kier molecular flexibility index (Phi) is 4.34. The van der Waals surface area contributed by atoms with Crippen LogP contribution >= 0.6 is 0 Å². The van der Waals surface area contributed by atoms with Crippen molar-refractivity contribution in [3.05, 3.63) is 0 Å². The fourth-order valence-corrected chi connectivity index (χ4v) is 2.10. The fourth-order valence-electron chi connectivity index (χ4n) is 2.10. The molecule has 1 rings (SSSR count). The van der Waals surface area contributed by atoms with Crippen molar-refractivity contribution in [3.63, 3.8) is 0 Å². The molecule has 0 spiro atoms. The average molecular weight is 225 g/mol. The number of piperidine rings is 1. The summed E-state index contributed by atoms with van der Waals surface area (Å²) in [4.78, 5) is 12.6. The van der Waals surface area contributed by atoms with Gasteiger partial charge in [0, 0.05) is 25.4 Å². The minimum absolute atomic E-state index is 0.00594. The Morgan fingerprint density at radius 3 is 2.94 bits per heavy atom. The molecule has 16 heavy (non-hydrogen) atoms. The normalized spacial score (nSPS) is 30.9. The van der Waals surface area contributed by atoms with Gasteiger partial charge in [-0.2, -0.15) is 0 Å². The highest BCUT2D eigenvalue weighted by molar-refractivity contribution is 5.66. The Balaban J connectivity index is 2.56. The molecule has 1 aliphatic heterocycles. The minimum Gasteiger partial charge on any atom is -0.481 e. The SMILES string of the molecule is C#C[C@@]1(OCCC(=O)O)CCN(C)C[C@H]1C. The predicted octanol–water partition coefficient (Wildman–Crippen LogP) is 0.821. The molecule has 1 saturated heterocycles. The lowest BCUT2D eigenvalue weighted by Crippen LogP contribution is -2.50. The molecule has 0 amide bonds. The molecule has 0 bridgehead atoms. The van der Waals surface area contributed by atoms with Gasteiger partial charge >= 0.3 is 5.97 Å². The number of hydrogen-bond acceptors (Lipinski definition) is 3. The van der Waals surface area contributed by atoms with Crippen molar-refractivity contribution in [1.82, 2.24) is 4.90 Å². The van der Waals surface area contributed by atoms with Gasteiger partial charge in [0.05, 0.1) is 13.0 Å². The van der Waals surface area contributed by atoms with E-state index in [1.807, 2.05) is 7.05 Å². The van der Waals surface area contributed by atoms with Crippen molar-refractivity contribution >= 4 is 5.97 Å². The maximum atomic E-state index is 10.4. The first-order valence-electron chi connectivity index (χ1n) is 5.52. The molecule has 0 aliphatic carbocycles. The van der Waals surface area contributed by atoms with Crippen LogP contribution in [-0.4, -0.2) is 48.3 Å². The van der Waals surface area contributed by atoms with Crippen LogP contribution in [-0.2, 0) is 9.53 Å². The summed E-state index contributed by atoms with van der Waals surface area (Å²) in [7, 11) is 2.05. The number of carboxylic acids is 1. The van der Waals surface area contributed by atoms with E-state index in [0.29, 0.717) is 0 Å². The number of carboxylic acid groups (broad SMARTS) is 1. The monoisotopic (exact) mass is 225 g/mol. The van der Waals surface area contributed by atoms with Crippen molar-refractivity contribution in [2.75, 3.05) is 26.7 Å². The number of likely N-dealkylation sites (tertiary alicyclic amines) is 1.